The van der Waals surface area contributed by atoms with Crippen LogP contribution in [-0.4, -0.2) is 37.2 Å². The fourth-order valence-electron chi connectivity index (χ4n) is 1.84. The highest BCUT2D eigenvalue weighted by Gasteiger charge is 2.13. The number of aryl methyl sites for hydroxylation is 2. The number of amides is 1. The lowest BCUT2D eigenvalue weighted by Gasteiger charge is -2.12. The fourth-order valence-corrected chi connectivity index (χ4v) is 1.84. The maximum Gasteiger partial charge on any atom is 0.252 e. The van der Waals surface area contributed by atoms with E-state index in [1.807, 2.05) is 19.9 Å². The molecule has 0 radical (unpaired) electrons. The standard InChI is InChI=1S/C13H22N4O2/c1-9-8-10(2)17-13(11(9)12(15)18)16-5-3-6-19-7-4-14/h8H,3-7,14H2,1-2H3,(H2,15,18)(H,16,17). The Bertz CT molecular complexity index is 435. The Balaban J connectivity index is 2.59. The van der Waals surface area contributed by atoms with Crippen molar-refractivity contribution in [3.63, 3.8) is 0 Å². The molecule has 1 aromatic rings. The van der Waals surface area contributed by atoms with E-state index < -0.39 is 5.91 Å². The van der Waals surface area contributed by atoms with Crippen LogP contribution >= 0.6 is 0 Å². The van der Waals surface area contributed by atoms with E-state index in [-0.39, 0.29) is 0 Å². The van der Waals surface area contributed by atoms with Gasteiger partial charge in [-0.15, -0.1) is 0 Å². The summed E-state index contributed by atoms with van der Waals surface area (Å²) in [5, 5.41) is 3.13. The minimum Gasteiger partial charge on any atom is -0.380 e. The second-order valence-electron chi connectivity index (χ2n) is 4.35. The molecule has 1 aromatic heterocycles. The molecule has 0 fully saturated rings. The minimum absolute atomic E-state index is 0.452. The van der Waals surface area contributed by atoms with Crippen LogP contribution in [0.15, 0.2) is 6.07 Å². The molecule has 1 heterocycles. The number of hydrogen-bond donors (Lipinski definition) is 3. The third-order valence-corrected chi connectivity index (χ3v) is 2.61. The van der Waals surface area contributed by atoms with Gasteiger partial charge in [-0.2, -0.15) is 0 Å². The SMILES string of the molecule is Cc1cc(C)c(C(N)=O)c(NCCCOCCN)n1. The summed E-state index contributed by atoms with van der Waals surface area (Å²) in [5.74, 6) is 0.0794. The van der Waals surface area contributed by atoms with E-state index in [9.17, 15) is 4.79 Å². The number of pyridine rings is 1. The van der Waals surface area contributed by atoms with Crippen LogP contribution in [0.2, 0.25) is 0 Å². The van der Waals surface area contributed by atoms with Crippen LogP contribution in [0.25, 0.3) is 0 Å². The van der Waals surface area contributed by atoms with E-state index in [0.29, 0.717) is 37.7 Å². The molecule has 0 aromatic carbocycles. The summed E-state index contributed by atoms with van der Waals surface area (Å²) in [6.45, 7) is 6.12. The van der Waals surface area contributed by atoms with Gasteiger partial charge >= 0.3 is 0 Å². The zero-order valence-electron chi connectivity index (χ0n) is 11.5. The normalized spacial score (nSPS) is 10.5. The largest absolute Gasteiger partial charge is 0.380 e. The molecule has 0 aliphatic heterocycles. The van der Waals surface area contributed by atoms with Gasteiger partial charge in [-0.3, -0.25) is 4.79 Å². The van der Waals surface area contributed by atoms with E-state index in [1.54, 1.807) is 0 Å². The molecular formula is C13H22N4O2. The molecule has 19 heavy (non-hydrogen) atoms. The number of ether oxygens (including phenoxy) is 1. The molecule has 5 N–H and O–H groups in total. The van der Waals surface area contributed by atoms with Gasteiger partial charge in [0.2, 0.25) is 0 Å². The maximum absolute atomic E-state index is 11.4. The molecule has 0 saturated carbocycles. The Labute approximate surface area is 113 Å². The molecule has 1 rings (SSSR count). The number of nitrogens with two attached hydrogens (primary N) is 2. The Morgan fingerprint density at radius 2 is 2.16 bits per heavy atom. The van der Waals surface area contributed by atoms with Crippen molar-refractivity contribution in [3.8, 4) is 0 Å². The first kappa shape index (κ1) is 15.4. The predicted octanol–water partition coefficient (Wildman–Crippen LogP) is 0.575. The van der Waals surface area contributed by atoms with E-state index in [0.717, 1.165) is 17.7 Å². The Kier molecular flexibility index (Phi) is 6.24. The number of anilines is 1. The van der Waals surface area contributed by atoms with Gasteiger partial charge in [-0.1, -0.05) is 0 Å². The van der Waals surface area contributed by atoms with Gasteiger partial charge in [0.25, 0.3) is 5.91 Å². The van der Waals surface area contributed by atoms with Crippen molar-refractivity contribution in [2.24, 2.45) is 11.5 Å². The fraction of sp³-hybridized carbons (Fsp3) is 0.538. The zero-order valence-corrected chi connectivity index (χ0v) is 11.5. The number of hydrogen-bond acceptors (Lipinski definition) is 5. The van der Waals surface area contributed by atoms with Crippen molar-refractivity contribution in [1.29, 1.82) is 0 Å². The minimum atomic E-state index is -0.466. The smallest absolute Gasteiger partial charge is 0.252 e. The molecule has 106 valence electrons. The molecule has 0 saturated heterocycles. The van der Waals surface area contributed by atoms with Crippen molar-refractivity contribution in [2.45, 2.75) is 20.3 Å². The number of nitrogens with zero attached hydrogens (tertiary/aromatic N) is 1. The van der Waals surface area contributed by atoms with E-state index >= 15 is 0 Å². The summed E-state index contributed by atoms with van der Waals surface area (Å²) in [5.41, 5.74) is 12.8. The molecule has 0 spiro atoms. The van der Waals surface area contributed by atoms with Crippen LogP contribution in [0.5, 0.6) is 0 Å². The summed E-state index contributed by atoms with van der Waals surface area (Å²) in [7, 11) is 0. The first-order chi connectivity index (χ1) is 9.06. The zero-order chi connectivity index (χ0) is 14.3. The van der Waals surface area contributed by atoms with Crippen molar-refractivity contribution < 1.29 is 9.53 Å². The lowest BCUT2D eigenvalue weighted by molar-refractivity contribution is 0.1000. The average molecular weight is 266 g/mol. The molecule has 0 aliphatic rings. The highest BCUT2D eigenvalue weighted by atomic mass is 16.5. The number of rotatable bonds is 8. The van der Waals surface area contributed by atoms with Crippen LogP contribution in [0.4, 0.5) is 5.82 Å². The van der Waals surface area contributed by atoms with Gasteiger partial charge in [0.05, 0.1) is 12.2 Å². The quantitative estimate of drug-likeness (QED) is 0.597. The molecule has 0 unspecified atom stereocenters. The summed E-state index contributed by atoms with van der Waals surface area (Å²) < 4.78 is 5.27. The second kappa shape index (κ2) is 7.70. The molecule has 1 amide bonds. The summed E-state index contributed by atoms with van der Waals surface area (Å²) in [6, 6.07) is 1.84. The van der Waals surface area contributed by atoms with Gasteiger partial charge < -0.3 is 21.5 Å². The third-order valence-electron chi connectivity index (χ3n) is 2.61. The summed E-state index contributed by atoms with van der Waals surface area (Å²) in [4.78, 5) is 15.7. The number of nitrogens with one attached hydrogen (secondary N) is 1. The number of carbonyl (C=O) groups is 1. The third kappa shape index (κ3) is 4.84. The molecule has 0 atom stereocenters. The first-order valence-corrected chi connectivity index (χ1v) is 6.36. The van der Waals surface area contributed by atoms with Crippen molar-refractivity contribution in [1.82, 2.24) is 4.98 Å². The summed E-state index contributed by atoms with van der Waals surface area (Å²) >= 11 is 0. The summed E-state index contributed by atoms with van der Waals surface area (Å²) in [6.07, 6.45) is 0.812. The number of carbonyl (C=O) groups excluding carboxylic acids is 1. The molecule has 6 nitrogen and oxygen atoms in total. The monoisotopic (exact) mass is 266 g/mol. The highest BCUT2D eigenvalue weighted by Crippen LogP contribution is 2.17. The van der Waals surface area contributed by atoms with Crippen LogP contribution in [0.3, 0.4) is 0 Å². The predicted molar refractivity (Wildman–Crippen MR) is 75.2 cm³/mol. The van der Waals surface area contributed by atoms with E-state index in [1.165, 1.54) is 0 Å². The highest BCUT2D eigenvalue weighted by molar-refractivity contribution is 5.99. The number of aromatic nitrogens is 1. The van der Waals surface area contributed by atoms with Gasteiger partial charge in [0, 0.05) is 25.4 Å². The lowest BCUT2D eigenvalue weighted by atomic mass is 10.1. The Hall–Kier alpha value is -1.66. The Morgan fingerprint density at radius 3 is 2.79 bits per heavy atom. The molecule has 6 heteroatoms. The van der Waals surface area contributed by atoms with Crippen molar-refractivity contribution >= 4 is 11.7 Å². The van der Waals surface area contributed by atoms with Crippen LogP contribution in [0, 0.1) is 13.8 Å². The van der Waals surface area contributed by atoms with Crippen molar-refractivity contribution in [2.75, 3.05) is 31.6 Å². The van der Waals surface area contributed by atoms with Crippen LogP contribution < -0.4 is 16.8 Å². The van der Waals surface area contributed by atoms with Crippen LogP contribution in [0.1, 0.15) is 28.0 Å². The van der Waals surface area contributed by atoms with E-state index in [4.69, 9.17) is 16.2 Å². The topological polar surface area (TPSA) is 103 Å². The van der Waals surface area contributed by atoms with Crippen LogP contribution in [-0.2, 0) is 4.74 Å². The van der Waals surface area contributed by atoms with Gasteiger partial charge in [-0.25, -0.2) is 4.98 Å². The van der Waals surface area contributed by atoms with Gasteiger partial charge in [-0.05, 0) is 31.9 Å². The Morgan fingerprint density at radius 1 is 1.42 bits per heavy atom. The second-order valence-corrected chi connectivity index (χ2v) is 4.35. The molecule has 0 aliphatic carbocycles. The first-order valence-electron chi connectivity index (χ1n) is 6.36. The van der Waals surface area contributed by atoms with E-state index in [2.05, 4.69) is 10.3 Å². The maximum atomic E-state index is 11.4. The van der Waals surface area contributed by atoms with Crippen molar-refractivity contribution in [3.05, 3.63) is 22.9 Å². The lowest BCUT2D eigenvalue weighted by Crippen LogP contribution is -2.19. The molecule has 0 bridgehead atoms. The van der Waals surface area contributed by atoms with Gasteiger partial charge in [0.1, 0.15) is 5.82 Å². The van der Waals surface area contributed by atoms with Gasteiger partial charge in [0.15, 0.2) is 0 Å². The average Bonchev–Trinajstić information content (AvgIpc) is 2.32. The molecular weight excluding hydrogens is 244 g/mol. The number of primary amides is 1.